The molecule has 1 amide bonds. The molecule has 0 aromatic heterocycles. The largest absolute Gasteiger partial charge is 0.497 e. The zero-order chi connectivity index (χ0) is 25.4. The Labute approximate surface area is 205 Å². The van der Waals surface area contributed by atoms with Crippen LogP contribution < -0.4 is 24.3 Å². The third-order valence-electron chi connectivity index (χ3n) is 5.19. The lowest BCUT2D eigenvalue weighted by molar-refractivity contribution is -0.116. The molecule has 9 nitrogen and oxygen atoms in total. The highest BCUT2D eigenvalue weighted by Crippen LogP contribution is 2.32. The molecule has 0 unspecified atom stereocenters. The summed E-state index contributed by atoms with van der Waals surface area (Å²) in [5, 5.41) is 2.72. The fourth-order valence-corrected chi connectivity index (χ4v) is 4.94. The van der Waals surface area contributed by atoms with Crippen molar-refractivity contribution in [1.29, 1.82) is 0 Å². The molecule has 35 heavy (non-hydrogen) atoms. The molecule has 3 rings (SSSR count). The Morgan fingerprint density at radius 2 is 1.43 bits per heavy atom. The minimum absolute atomic E-state index is 0.0310. The van der Waals surface area contributed by atoms with Gasteiger partial charge in [0.05, 0.1) is 40.7 Å². The number of nitrogens with zero attached hydrogens (tertiary/aromatic N) is 1. The first-order valence-electron chi connectivity index (χ1n) is 10.6. The molecule has 0 spiro atoms. The van der Waals surface area contributed by atoms with E-state index in [-0.39, 0.29) is 17.2 Å². The van der Waals surface area contributed by atoms with Gasteiger partial charge < -0.3 is 24.3 Å². The van der Waals surface area contributed by atoms with Crippen LogP contribution in [0.2, 0.25) is 0 Å². The predicted octanol–water partition coefficient (Wildman–Crippen LogP) is 3.55. The lowest BCUT2D eigenvalue weighted by atomic mass is 10.2. The normalized spacial score (nSPS) is 11.1. The lowest BCUT2D eigenvalue weighted by Crippen LogP contribution is -2.37. The van der Waals surface area contributed by atoms with Crippen LogP contribution >= 0.6 is 0 Å². The quantitative estimate of drug-likeness (QED) is 0.429. The molecular formula is C25H28N2O7S. The van der Waals surface area contributed by atoms with E-state index >= 15 is 0 Å². The average molecular weight is 501 g/mol. The molecule has 3 aromatic rings. The third-order valence-corrected chi connectivity index (χ3v) is 7.01. The van der Waals surface area contributed by atoms with Gasteiger partial charge in [0.2, 0.25) is 15.9 Å². The number of carbonyl (C=O) groups excluding carboxylic acids is 1. The molecule has 0 saturated heterocycles. The molecule has 0 atom stereocenters. The number of hydrogen-bond acceptors (Lipinski definition) is 7. The van der Waals surface area contributed by atoms with Gasteiger partial charge in [-0.05, 0) is 29.8 Å². The van der Waals surface area contributed by atoms with Gasteiger partial charge in [0.1, 0.15) is 27.9 Å². The van der Waals surface area contributed by atoms with Gasteiger partial charge in [-0.2, -0.15) is 4.31 Å². The Morgan fingerprint density at radius 1 is 0.800 bits per heavy atom. The van der Waals surface area contributed by atoms with E-state index in [1.807, 2.05) is 6.07 Å². The maximum absolute atomic E-state index is 13.7. The van der Waals surface area contributed by atoms with Crippen molar-refractivity contribution in [1.82, 2.24) is 4.31 Å². The van der Waals surface area contributed by atoms with E-state index in [2.05, 4.69) is 5.32 Å². The number of ether oxygens (including phenoxy) is 4. The van der Waals surface area contributed by atoms with Gasteiger partial charge in [0, 0.05) is 18.7 Å². The fourth-order valence-electron chi connectivity index (χ4n) is 3.39. The van der Waals surface area contributed by atoms with E-state index in [1.165, 1.54) is 40.6 Å². The predicted molar refractivity (Wildman–Crippen MR) is 132 cm³/mol. The Kier molecular flexibility index (Phi) is 8.56. The zero-order valence-corrected chi connectivity index (χ0v) is 20.8. The second kappa shape index (κ2) is 11.6. The number of rotatable bonds is 11. The van der Waals surface area contributed by atoms with Crippen LogP contribution in [0.3, 0.4) is 0 Å². The van der Waals surface area contributed by atoms with Gasteiger partial charge in [0.15, 0.2) is 0 Å². The summed E-state index contributed by atoms with van der Waals surface area (Å²) in [7, 11) is 1.63. The number of hydrogen-bond donors (Lipinski definition) is 1. The van der Waals surface area contributed by atoms with Crippen LogP contribution in [0.5, 0.6) is 23.0 Å². The standard InChI is InChI=1S/C25H28N2O7S/c1-31-19-10-12-21(23(14-19)34-4)26-25(28)17-27(16-18-8-6-5-7-9-18)35(29,30)24-15-20(32-2)11-13-22(24)33-3/h5-15H,16-17H2,1-4H3,(H,26,28). The molecule has 0 saturated carbocycles. The second-order valence-electron chi connectivity index (χ2n) is 7.39. The second-order valence-corrected chi connectivity index (χ2v) is 9.30. The summed E-state index contributed by atoms with van der Waals surface area (Å²) in [6.07, 6.45) is 0. The van der Waals surface area contributed by atoms with Gasteiger partial charge in [-0.1, -0.05) is 30.3 Å². The molecule has 186 valence electrons. The Hall–Kier alpha value is -3.76. The van der Waals surface area contributed by atoms with Gasteiger partial charge in [-0.25, -0.2) is 8.42 Å². The summed E-state index contributed by atoms with van der Waals surface area (Å²) in [6, 6.07) is 18.4. The highest BCUT2D eigenvalue weighted by molar-refractivity contribution is 7.89. The van der Waals surface area contributed by atoms with E-state index in [4.69, 9.17) is 18.9 Å². The van der Waals surface area contributed by atoms with Gasteiger partial charge in [0.25, 0.3) is 0 Å². The maximum Gasteiger partial charge on any atom is 0.247 e. The van der Waals surface area contributed by atoms with Crippen LogP contribution in [0.4, 0.5) is 5.69 Å². The highest BCUT2D eigenvalue weighted by Gasteiger charge is 2.30. The van der Waals surface area contributed by atoms with E-state index in [0.29, 0.717) is 28.5 Å². The van der Waals surface area contributed by atoms with Crippen molar-refractivity contribution in [3.8, 4) is 23.0 Å². The van der Waals surface area contributed by atoms with Crippen molar-refractivity contribution < 1.29 is 32.2 Å². The van der Waals surface area contributed by atoms with Crippen LogP contribution in [0.15, 0.2) is 71.6 Å². The monoisotopic (exact) mass is 500 g/mol. The number of methoxy groups -OCH3 is 4. The molecule has 0 aliphatic rings. The van der Waals surface area contributed by atoms with Crippen molar-refractivity contribution in [3.63, 3.8) is 0 Å². The van der Waals surface area contributed by atoms with E-state index in [0.717, 1.165) is 4.31 Å². The van der Waals surface area contributed by atoms with Crippen LogP contribution in [-0.4, -0.2) is 53.6 Å². The van der Waals surface area contributed by atoms with Crippen molar-refractivity contribution in [2.75, 3.05) is 40.3 Å². The maximum atomic E-state index is 13.7. The molecule has 0 radical (unpaired) electrons. The van der Waals surface area contributed by atoms with E-state index in [9.17, 15) is 13.2 Å². The minimum atomic E-state index is -4.17. The zero-order valence-electron chi connectivity index (χ0n) is 20.0. The summed E-state index contributed by atoms with van der Waals surface area (Å²) in [5.74, 6) is 0.871. The fraction of sp³-hybridized carbons (Fsp3) is 0.240. The molecule has 1 N–H and O–H groups in total. The van der Waals surface area contributed by atoms with E-state index < -0.39 is 22.5 Å². The van der Waals surface area contributed by atoms with Gasteiger partial charge in [-0.15, -0.1) is 0 Å². The number of amides is 1. The molecule has 0 aliphatic carbocycles. The Balaban J connectivity index is 1.96. The first-order chi connectivity index (χ1) is 16.8. The van der Waals surface area contributed by atoms with Gasteiger partial charge in [-0.3, -0.25) is 4.79 Å². The van der Waals surface area contributed by atoms with E-state index in [1.54, 1.807) is 48.5 Å². The highest BCUT2D eigenvalue weighted by atomic mass is 32.2. The molecule has 0 fully saturated rings. The minimum Gasteiger partial charge on any atom is -0.497 e. The first-order valence-corrected chi connectivity index (χ1v) is 12.0. The third kappa shape index (κ3) is 6.23. The number of benzene rings is 3. The topological polar surface area (TPSA) is 103 Å². The van der Waals surface area contributed by atoms with Crippen molar-refractivity contribution >= 4 is 21.6 Å². The number of sulfonamides is 1. The molecule has 3 aromatic carbocycles. The molecule has 10 heteroatoms. The van der Waals surface area contributed by atoms with Crippen molar-refractivity contribution in [2.24, 2.45) is 0 Å². The first kappa shape index (κ1) is 25.9. The number of carbonyl (C=O) groups is 1. The van der Waals surface area contributed by atoms with Crippen molar-refractivity contribution in [2.45, 2.75) is 11.4 Å². The summed E-state index contributed by atoms with van der Waals surface area (Å²) in [4.78, 5) is 12.9. The smallest absolute Gasteiger partial charge is 0.247 e. The Morgan fingerprint density at radius 3 is 2.06 bits per heavy atom. The molecule has 0 bridgehead atoms. The van der Waals surface area contributed by atoms with Crippen molar-refractivity contribution in [3.05, 3.63) is 72.3 Å². The van der Waals surface area contributed by atoms with Crippen LogP contribution in [0.1, 0.15) is 5.56 Å². The summed E-state index contributed by atoms with van der Waals surface area (Å²) < 4.78 is 49.6. The summed E-state index contributed by atoms with van der Waals surface area (Å²) in [5.41, 5.74) is 1.10. The van der Waals surface area contributed by atoms with Crippen LogP contribution in [-0.2, 0) is 21.4 Å². The molecule has 0 heterocycles. The SMILES string of the molecule is COc1ccc(NC(=O)CN(Cc2ccccc2)S(=O)(=O)c2cc(OC)ccc2OC)c(OC)c1. The number of anilines is 1. The lowest BCUT2D eigenvalue weighted by Gasteiger charge is -2.23. The van der Waals surface area contributed by atoms with Crippen LogP contribution in [0, 0.1) is 0 Å². The number of nitrogens with one attached hydrogen (secondary N) is 1. The summed E-state index contributed by atoms with van der Waals surface area (Å²) in [6.45, 7) is -0.483. The average Bonchev–Trinajstić information content (AvgIpc) is 2.88. The molecular weight excluding hydrogens is 472 g/mol. The Bertz CT molecular complexity index is 1260. The van der Waals surface area contributed by atoms with Crippen LogP contribution in [0.25, 0.3) is 0 Å². The summed E-state index contributed by atoms with van der Waals surface area (Å²) >= 11 is 0. The molecule has 0 aliphatic heterocycles. The van der Waals surface area contributed by atoms with Gasteiger partial charge >= 0.3 is 0 Å².